The van der Waals surface area contributed by atoms with E-state index in [2.05, 4.69) is 10.3 Å². The highest BCUT2D eigenvalue weighted by atomic mass is 16.1. The first-order valence-electron chi connectivity index (χ1n) is 6.77. The van der Waals surface area contributed by atoms with Crippen molar-refractivity contribution in [3.8, 4) is 0 Å². The molecular formula is C15H19N3O. The van der Waals surface area contributed by atoms with Gasteiger partial charge in [0.2, 0.25) is 5.91 Å². The zero-order chi connectivity index (χ0) is 13.3. The summed E-state index contributed by atoms with van der Waals surface area (Å²) in [7, 11) is 0. The zero-order valence-corrected chi connectivity index (χ0v) is 10.9. The Labute approximate surface area is 112 Å². The van der Waals surface area contributed by atoms with E-state index in [4.69, 9.17) is 5.73 Å². The van der Waals surface area contributed by atoms with Crippen LogP contribution in [0.25, 0.3) is 10.9 Å². The second-order valence-electron chi connectivity index (χ2n) is 5.53. The average Bonchev–Trinajstić information content (AvgIpc) is 2.78. The molecule has 1 aromatic carbocycles. The highest BCUT2D eigenvalue weighted by Crippen LogP contribution is 2.28. The number of hydrogen-bond acceptors (Lipinski definition) is 2. The number of hydrogen-bond donors (Lipinski definition) is 3. The van der Waals surface area contributed by atoms with E-state index >= 15 is 0 Å². The summed E-state index contributed by atoms with van der Waals surface area (Å²) in [5.74, 6) is 0.0430. The van der Waals surface area contributed by atoms with E-state index in [1.54, 1.807) is 0 Å². The lowest BCUT2D eigenvalue weighted by Gasteiger charge is -2.38. The summed E-state index contributed by atoms with van der Waals surface area (Å²) in [6.45, 7) is 0.591. The molecule has 1 aromatic heterocycles. The van der Waals surface area contributed by atoms with Crippen LogP contribution >= 0.6 is 0 Å². The second kappa shape index (κ2) is 4.70. The Morgan fingerprint density at radius 3 is 2.89 bits per heavy atom. The SMILES string of the molecule is NC1(CNC(=O)Cc2c[nH]c3ccccc23)CCC1. The Balaban J connectivity index is 1.63. The lowest BCUT2D eigenvalue weighted by Crippen LogP contribution is -2.55. The maximum absolute atomic E-state index is 12.0. The molecule has 0 spiro atoms. The highest BCUT2D eigenvalue weighted by molar-refractivity contribution is 5.88. The largest absolute Gasteiger partial charge is 0.361 e. The molecule has 1 amide bonds. The molecule has 0 aliphatic heterocycles. The third kappa shape index (κ3) is 2.49. The second-order valence-corrected chi connectivity index (χ2v) is 5.53. The van der Waals surface area contributed by atoms with Crippen LogP contribution in [-0.2, 0) is 11.2 Å². The number of nitrogens with one attached hydrogen (secondary N) is 2. The van der Waals surface area contributed by atoms with E-state index in [0.29, 0.717) is 13.0 Å². The molecule has 1 fully saturated rings. The van der Waals surface area contributed by atoms with E-state index < -0.39 is 0 Å². The number of carbonyl (C=O) groups excluding carboxylic acids is 1. The predicted molar refractivity (Wildman–Crippen MR) is 75.8 cm³/mol. The molecule has 0 saturated heterocycles. The Morgan fingerprint density at radius 2 is 2.16 bits per heavy atom. The molecule has 2 aromatic rings. The number of para-hydroxylation sites is 1. The fraction of sp³-hybridized carbons (Fsp3) is 0.400. The third-order valence-corrected chi connectivity index (χ3v) is 4.01. The summed E-state index contributed by atoms with van der Waals surface area (Å²) < 4.78 is 0. The molecule has 3 rings (SSSR count). The number of aromatic nitrogens is 1. The van der Waals surface area contributed by atoms with Crippen LogP contribution in [0.15, 0.2) is 30.5 Å². The van der Waals surface area contributed by atoms with Crippen molar-refractivity contribution in [2.45, 2.75) is 31.2 Å². The monoisotopic (exact) mass is 257 g/mol. The molecule has 0 atom stereocenters. The van der Waals surface area contributed by atoms with Crippen LogP contribution in [-0.4, -0.2) is 23.0 Å². The third-order valence-electron chi connectivity index (χ3n) is 4.01. The van der Waals surface area contributed by atoms with Crippen molar-refractivity contribution in [3.63, 3.8) is 0 Å². The van der Waals surface area contributed by atoms with Gasteiger partial charge in [-0.3, -0.25) is 4.79 Å². The maximum Gasteiger partial charge on any atom is 0.224 e. The molecule has 1 heterocycles. The summed E-state index contributed by atoms with van der Waals surface area (Å²) in [6.07, 6.45) is 5.52. The Bertz CT molecular complexity index is 598. The standard InChI is InChI=1S/C15H19N3O/c16-15(6-3-7-15)10-18-14(19)8-11-9-17-13-5-2-1-4-12(11)13/h1-2,4-5,9,17H,3,6-8,10,16H2,(H,18,19). The Kier molecular flexibility index (Phi) is 3.03. The van der Waals surface area contributed by atoms with E-state index in [0.717, 1.165) is 29.3 Å². The number of carbonyl (C=O) groups is 1. The van der Waals surface area contributed by atoms with E-state index in [1.807, 2.05) is 30.5 Å². The molecule has 1 aliphatic carbocycles. The van der Waals surface area contributed by atoms with Gasteiger partial charge in [-0.15, -0.1) is 0 Å². The van der Waals surface area contributed by atoms with Gasteiger partial charge in [-0.25, -0.2) is 0 Å². The molecule has 4 nitrogen and oxygen atoms in total. The van der Waals surface area contributed by atoms with Gasteiger partial charge in [0.1, 0.15) is 0 Å². The van der Waals surface area contributed by atoms with Crippen LogP contribution in [0.3, 0.4) is 0 Å². The first-order chi connectivity index (χ1) is 9.16. The number of amides is 1. The topological polar surface area (TPSA) is 70.9 Å². The van der Waals surface area contributed by atoms with Crippen molar-refractivity contribution in [2.24, 2.45) is 5.73 Å². The quantitative estimate of drug-likeness (QED) is 0.780. The lowest BCUT2D eigenvalue weighted by atomic mass is 9.78. The van der Waals surface area contributed by atoms with Gasteiger partial charge in [-0.1, -0.05) is 18.2 Å². The maximum atomic E-state index is 12.0. The van der Waals surface area contributed by atoms with Gasteiger partial charge < -0.3 is 16.0 Å². The van der Waals surface area contributed by atoms with E-state index in [1.165, 1.54) is 6.42 Å². The number of H-pyrrole nitrogens is 1. The van der Waals surface area contributed by atoms with Crippen LogP contribution in [0.5, 0.6) is 0 Å². The van der Waals surface area contributed by atoms with Gasteiger partial charge in [0.05, 0.1) is 6.42 Å². The molecule has 1 saturated carbocycles. The fourth-order valence-electron chi connectivity index (χ4n) is 2.60. The van der Waals surface area contributed by atoms with E-state index in [9.17, 15) is 4.79 Å². The minimum Gasteiger partial charge on any atom is -0.361 e. The minimum absolute atomic E-state index is 0.0430. The molecule has 4 heteroatoms. The van der Waals surface area contributed by atoms with Crippen LogP contribution in [0.4, 0.5) is 0 Å². The molecule has 1 aliphatic rings. The van der Waals surface area contributed by atoms with Crippen molar-refractivity contribution < 1.29 is 4.79 Å². The summed E-state index contributed by atoms with van der Waals surface area (Å²) in [6, 6.07) is 8.02. The van der Waals surface area contributed by atoms with Crippen LogP contribution in [0, 0.1) is 0 Å². The lowest BCUT2D eigenvalue weighted by molar-refractivity contribution is -0.120. The van der Waals surface area contributed by atoms with Gasteiger partial charge in [0.15, 0.2) is 0 Å². The number of nitrogens with two attached hydrogens (primary N) is 1. The number of rotatable bonds is 4. The zero-order valence-electron chi connectivity index (χ0n) is 10.9. The number of fused-ring (bicyclic) bond motifs is 1. The number of benzene rings is 1. The Hall–Kier alpha value is -1.81. The first kappa shape index (κ1) is 12.2. The summed E-state index contributed by atoms with van der Waals surface area (Å²) in [5, 5.41) is 4.06. The van der Waals surface area contributed by atoms with Gasteiger partial charge in [-0.2, -0.15) is 0 Å². The molecular weight excluding hydrogens is 238 g/mol. The minimum atomic E-state index is -0.157. The smallest absolute Gasteiger partial charge is 0.224 e. The highest BCUT2D eigenvalue weighted by Gasteiger charge is 2.32. The molecule has 0 unspecified atom stereocenters. The normalized spacial score (nSPS) is 17.1. The summed E-state index contributed by atoms with van der Waals surface area (Å²) in [5.41, 5.74) is 8.04. The van der Waals surface area contributed by atoms with Crippen molar-refractivity contribution in [2.75, 3.05) is 6.54 Å². The number of aromatic amines is 1. The van der Waals surface area contributed by atoms with Crippen molar-refractivity contribution in [3.05, 3.63) is 36.0 Å². The fourth-order valence-corrected chi connectivity index (χ4v) is 2.60. The van der Waals surface area contributed by atoms with Crippen LogP contribution in [0.1, 0.15) is 24.8 Å². The van der Waals surface area contributed by atoms with Gasteiger partial charge in [0, 0.05) is 29.2 Å². The van der Waals surface area contributed by atoms with Crippen molar-refractivity contribution in [1.29, 1.82) is 0 Å². The molecule has 0 radical (unpaired) electrons. The summed E-state index contributed by atoms with van der Waals surface area (Å²) >= 11 is 0. The predicted octanol–water partition coefficient (Wildman–Crippen LogP) is 1.71. The molecule has 100 valence electrons. The van der Waals surface area contributed by atoms with Gasteiger partial charge in [-0.05, 0) is 30.9 Å². The van der Waals surface area contributed by atoms with E-state index in [-0.39, 0.29) is 11.4 Å². The van der Waals surface area contributed by atoms with Crippen molar-refractivity contribution in [1.82, 2.24) is 10.3 Å². The van der Waals surface area contributed by atoms with Gasteiger partial charge >= 0.3 is 0 Å². The van der Waals surface area contributed by atoms with Crippen LogP contribution < -0.4 is 11.1 Å². The molecule has 4 N–H and O–H groups in total. The van der Waals surface area contributed by atoms with Crippen LogP contribution in [0.2, 0.25) is 0 Å². The Morgan fingerprint density at radius 1 is 1.37 bits per heavy atom. The van der Waals surface area contributed by atoms with Gasteiger partial charge in [0.25, 0.3) is 0 Å². The van der Waals surface area contributed by atoms with Crippen molar-refractivity contribution >= 4 is 16.8 Å². The summed E-state index contributed by atoms with van der Waals surface area (Å²) in [4.78, 5) is 15.1. The first-order valence-corrected chi connectivity index (χ1v) is 6.77. The molecule has 0 bridgehead atoms. The average molecular weight is 257 g/mol. The molecule has 19 heavy (non-hydrogen) atoms.